The highest BCUT2D eigenvalue weighted by molar-refractivity contribution is 9.10. The van der Waals surface area contributed by atoms with Gasteiger partial charge >= 0.3 is 0 Å². The first-order chi connectivity index (χ1) is 8.47. The van der Waals surface area contributed by atoms with Crippen LogP contribution in [0.3, 0.4) is 0 Å². The smallest absolute Gasteiger partial charge is 0.283 e. The van der Waals surface area contributed by atoms with E-state index in [1.165, 1.54) is 4.68 Å². The summed E-state index contributed by atoms with van der Waals surface area (Å²) < 4.78 is 13.2. The Hall–Kier alpha value is -0.690. The van der Waals surface area contributed by atoms with E-state index in [2.05, 4.69) is 26.3 Å². The van der Waals surface area contributed by atoms with Crippen molar-refractivity contribution < 1.29 is 4.21 Å². The number of halogens is 1. The van der Waals surface area contributed by atoms with Crippen LogP contribution in [-0.4, -0.2) is 32.0 Å². The van der Waals surface area contributed by atoms with Crippen LogP contribution in [-0.2, 0) is 10.8 Å². The lowest BCUT2D eigenvalue weighted by Gasteiger charge is -2.12. The molecule has 0 aromatic carbocycles. The Labute approximate surface area is 118 Å². The summed E-state index contributed by atoms with van der Waals surface area (Å²) in [4.78, 5) is 11.9. The van der Waals surface area contributed by atoms with Crippen molar-refractivity contribution in [3.63, 3.8) is 0 Å². The predicted octanol–water partition coefficient (Wildman–Crippen LogP) is 1.77. The normalized spacial score (nSPS) is 12.7. The Morgan fingerprint density at radius 2 is 2.22 bits per heavy atom. The van der Waals surface area contributed by atoms with Crippen molar-refractivity contribution in [1.29, 1.82) is 0 Å². The van der Waals surface area contributed by atoms with Gasteiger partial charge in [0.15, 0.2) is 0 Å². The molecule has 0 aliphatic rings. The van der Waals surface area contributed by atoms with Gasteiger partial charge in [-0.3, -0.25) is 9.00 Å². The largest absolute Gasteiger partial charge is 0.382 e. The van der Waals surface area contributed by atoms with Crippen LogP contribution in [0.1, 0.15) is 26.8 Å². The molecule has 0 fully saturated rings. The second-order valence-electron chi connectivity index (χ2n) is 4.08. The monoisotopic (exact) mass is 335 g/mol. The second-order valence-corrected chi connectivity index (χ2v) is 6.73. The zero-order chi connectivity index (χ0) is 13.7. The first-order valence-corrected chi connectivity index (χ1v) is 8.11. The molecule has 0 radical (unpaired) electrons. The van der Waals surface area contributed by atoms with Crippen LogP contribution in [0.4, 0.5) is 5.69 Å². The van der Waals surface area contributed by atoms with Gasteiger partial charge in [0.05, 0.1) is 17.9 Å². The fraction of sp³-hybridized carbons (Fsp3) is 0.636. The van der Waals surface area contributed by atoms with Crippen molar-refractivity contribution in [1.82, 2.24) is 9.78 Å². The molecular weight excluding hydrogens is 318 g/mol. The summed E-state index contributed by atoms with van der Waals surface area (Å²) in [6.45, 7) is 6.25. The maximum Gasteiger partial charge on any atom is 0.283 e. The number of hydrogen-bond donors (Lipinski definition) is 1. The van der Waals surface area contributed by atoms with Gasteiger partial charge in [0.1, 0.15) is 4.47 Å². The van der Waals surface area contributed by atoms with E-state index in [4.69, 9.17) is 0 Å². The minimum Gasteiger partial charge on any atom is -0.382 e. The van der Waals surface area contributed by atoms with Gasteiger partial charge in [0, 0.05) is 28.9 Å². The standard InChI is InChI=1S/C11H18BrN3O2S/c1-4-18(17)6-5-13-9-7-14-15(8(2)3)11(16)10(9)12/h7-8,13H,4-6H2,1-3H3. The average Bonchev–Trinajstić information content (AvgIpc) is 2.33. The zero-order valence-electron chi connectivity index (χ0n) is 10.8. The van der Waals surface area contributed by atoms with Gasteiger partial charge in [0.2, 0.25) is 0 Å². The Bertz CT molecular complexity index is 488. The third-order valence-corrected chi connectivity index (χ3v) is 4.47. The third-order valence-electron chi connectivity index (χ3n) is 2.40. The molecule has 1 unspecified atom stereocenters. The molecule has 1 atom stereocenters. The van der Waals surface area contributed by atoms with Crippen LogP contribution in [0.2, 0.25) is 0 Å². The van der Waals surface area contributed by atoms with Gasteiger partial charge in [-0.1, -0.05) is 6.92 Å². The van der Waals surface area contributed by atoms with Crippen LogP contribution < -0.4 is 10.9 Å². The van der Waals surface area contributed by atoms with Gasteiger partial charge < -0.3 is 5.32 Å². The molecule has 0 saturated heterocycles. The summed E-state index contributed by atoms with van der Waals surface area (Å²) in [6.07, 6.45) is 1.61. The lowest BCUT2D eigenvalue weighted by atomic mass is 10.4. The van der Waals surface area contributed by atoms with Crippen molar-refractivity contribution in [3.8, 4) is 0 Å². The molecule has 0 aliphatic carbocycles. The molecule has 1 aromatic heterocycles. The van der Waals surface area contributed by atoms with E-state index < -0.39 is 10.8 Å². The molecular formula is C11H18BrN3O2S. The third kappa shape index (κ3) is 3.91. The van der Waals surface area contributed by atoms with Gasteiger partial charge in [-0.2, -0.15) is 5.10 Å². The van der Waals surface area contributed by atoms with Crippen molar-refractivity contribution in [2.75, 3.05) is 23.4 Å². The first kappa shape index (κ1) is 15.4. The molecule has 0 saturated carbocycles. The minimum atomic E-state index is -0.806. The molecule has 18 heavy (non-hydrogen) atoms. The highest BCUT2D eigenvalue weighted by Gasteiger charge is 2.10. The summed E-state index contributed by atoms with van der Waals surface area (Å²) in [5, 5.41) is 7.16. The second kappa shape index (κ2) is 7.04. The zero-order valence-corrected chi connectivity index (χ0v) is 13.2. The molecule has 1 aromatic rings. The molecule has 1 heterocycles. The number of nitrogens with one attached hydrogen (secondary N) is 1. The summed E-state index contributed by atoms with van der Waals surface area (Å²) in [7, 11) is -0.806. The highest BCUT2D eigenvalue weighted by atomic mass is 79.9. The Kier molecular flexibility index (Phi) is 6.01. The first-order valence-electron chi connectivity index (χ1n) is 5.83. The Morgan fingerprint density at radius 3 is 2.78 bits per heavy atom. The average molecular weight is 336 g/mol. The summed E-state index contributed by atoms with van der Waals surface area (Å²) in [5.41, 5.74) is 0.483. The molecule has 5 nitrogen and oxygen atoms in total. The van der Waals surface area contributed by atoms with Gasteiger partial charge in [-0.15, -0.1) is 0 Å². The lowest BCUT2D eigenvalue weighted by molar-refractivity contribution is 0.501. The van der Waals surface area contributed by atoms with Crippen molar-refractivity contribution in [2.45, 2.75) is 26.8 Å². The van der Waals surface area contributed by atoms with E-state index >= 15 is 0 Å². The molecule has 7 heteroatoms. The number of hydrogen-bond acceptors (Lipinski definition) is 4. The molecule has 0 spiro atoms. The molecule has 0 amide bonds. The summed E-state index contributed by atoms with van der Waals surface area (Å²) >= 11 is 3.27. The fourth-order valence-electron chi connectivity index (χ4n) is 1.38. The van der Waals surface area contributed by atoms with Crippen molar-refractivity contribution in [3.05, 3.63) is 21.0 Å². The summed E-state index contributed by atoms with van der Waals surface area (Å²) in [6, 6.07) is 0.0236. The van der Waals surface area contributed by atoms with Crippen LogP contribution >= 0.6 is 15.9 Å². The maximum absolute atomic E-state index is 11.9. The van der Waals surface area contributed by atoms with Gasteiger partial charge in [-0.05, 0) is 29.8 Å². The van der Waals surface area contributed by atoms with Crippen LogP contribution in [0.5, 0.6) is 0 Å². The van der Waals surface area contributed by atoms with E-state index in [1.807, 2.05) is 20.8 Å². The Balaban J connectivity index is 2.77. The van der Waals surface area contributed by atoms with E-state index in [9.17, 15) is 9.00 Å². The number of aromatic nitrogens is 2. The van der Waals surface area contributed by atoms with Gasteiger partial charge in [-0.25, -0.2) is 4.68 Å². The molecule has 0 aliphatic heterocycles. The maximum atomic E-state index is 11.9. The van der Waals surface area contributed by atoms with E-state index in [1.54, 1.807) is 6.20 Å². The van der Waals surface area contributed by atoms with E-state index in [0.717, 1.165) is 0 Å². The van der Waals surface area contributed by atoms with Gasteiger partial charge in [0.25, 0.3) is 5.56 Å². The molecule has 0 bridgehead atoms. The molecule has 1 N–H and O–H groups in total. The molecule has 1 rings (SSSR count). The van der Waals surface area contributed by atoms with Crippen LogP contribution in [0, 0.1) is 0 Å². The summed E-state index contributed by atoms with van der Waals surface area (Å²) in [5.74, 6) is 1.21. The number of anilines is 1. The number of nitrogens with zero attached hydrogens (tertiary/aromatic N) is 2. The molecule has 102 valence electrons. The van der Waals surface area contributed by atoms with Crippen LogP contribution in [0.25, 0.3) is 0 Å². The Morgan fingerprint density at radius 1 is 1.56 bits per heavy atom. The highest BCUT2D eigenvalue weighted by Crippen LogP contribution is 2.16. The van der Waals surface area contributed by atoms with Crippen molar-refractivity contribution >= 4 is 32.4 Å². The minimum absolute atomic E-state index is 0.0236. The van der Waals surface area contributed by atoms with Crippen molar-refractivity contribution in [2.24, 2.45) is 0 Å². The lowest BCUT2D eigenvalue weighted by Crippen LogP contribution is -2.26. The SMILES string of the molecule is CCS(=O)CCNc1cnn(C(C)C)c(=O)c1Br. The van der Waals surface area contributed by atoms with Crippen LogP contribution in [0.15, 0.2) is 15.5 Å². The fourth-order valence-corrected chi connectivity index (χ4v) is 2.42. The van der Waals surface area contributed by atoms with E-state index in [-0.39, 0.29) is 11.6 Å². The predicted molar refractivity (Wildman–Crippen MR) is 78.6 cm³/mol. The number of rotatable bonds is 6. The quantitative estimate of drug-likeness (QED) is 0.860. The van der Waals surface area contributed by atoms with E-state index in [0.29, 0.717) is 28.2 Å². The topological polar surface area (TPSA) is 64.0 Å².